The molecule has 0 saturated carbocycles. The fourth-order valence-electron chi connectivity index (χ4n) is 1.84. The van der Waals surface area contributed by atoms with Crippen LogP contribution in [-0.2, 0) is 16.4 Å². The van der Waals surface area contributed by atoms with Gasteiger partial charge in [-0.15, -0.1) is 11.3 Å². The summed E-state index contributed by atoms with van der Waals surface area (Å²) in [6.07, 6.45) is 1.90. The maximum absolute atomic E-state index is 12.2. The van der Waals surface area contributed by atoms with Crippen LogP contribution in [0.1, 0.15) is 22.2 Å². The van der Waals surface area contributed by atoms with Gasteiger partial charge < -0.3 is 5.32 Å². The van der Waals surface area contributed by atoms with Crippen LogP contribution in [0.2, 0.25) is 0 Å². The van der Waals surface area contributed by atoms with E-state index in [1.165, 1.54) is 11.3 Å². The van der Waals surface area contributed by atoms with E-state index in [9.17, 15) is 13.2 Å². The predicted octanol–water partition coefficient (Wildman–Crippen LogP) is 2.93. The summed E-state index contributed by atoms with van der Waals surface area (Å²) in [4.78, 5) is 12.9. The molecule has 21 heavy (non-hydrogen) atoms. The molecule has 2 aromatic rings. The van der Waals surface area contributed by atoms with E-state index in [1.807, 2.05) is 18.4 Å². The largest absolute Gasteiger partial charge is 0.321 e. The SMILES string of the molecule is CCc1ccsc1C(=O)Nc1ccc(NS(C)(=O)=O)cc1. The molecule has 0 fully saturated rings. The van der Waals surface area contributed by atoms with Crippen LogP contribution >= 0.6 is 11.3 Å². The number of sulfonamides is 1. The minimum absolute atomic E-state index is 0.148. The van der Waals surface area contributed by atoms with Crippen molar-refractivity contribution in [3.8, 4) is 0 Å². The Morgan fingerprint density at radius 1 is 1.14 bits per heavy atom. The molecule has 0 spiro atoms. The molecule has 0 saturated heterocycles. The molecule has 1 aromatic carbocycles. The number of benzene rings is 1. The van der Waals surface area contributed by atoms with E-state index >= 15 is 0 Å². The van der Waals surface area contributed by atoms with Crippen LogP contribution in [0.3, 0.4) is 0 Å². The monoisotopic (exact) mass is 324 g/mol. The zero-order valence-corrected chi connectivity index (χ0v) is 13.3. The van der Waals surface area contributed by atoms with Crippen LogP contribution in [0.25, 0.3) is 0 Å². The van der Waals surface area contributed by atoms with E-state index in [1.54, 1.807) is 24.3 Å². The lowest BCUT2D eigenvalue weighted by molar-refractivity contribution is 0.103. The molecule has 5 nitrogen and oxygen atoms in total. The van der Waals surface area contributed by atoms with E-state index in [2.05, 4.69) is 10.0 Å². The van der Waals surface area contributed by atoms with Gasteiger partial charge in [0, 0.05) is 11.4 Å². The third-order valence-corrected chi connectivity index (χ3v) is 4.34. The Bertz CT molecular complexity index is 734. The number of anilines is 2. The molecule has 0 unspecified atom stereocenters. The Kier molecular flexibility index (Phi) is 4.64. The maximum Gasteiger partial charge on any atom is 0.266 e. The summed E-state index contributed by atoms with van der Waals surface area (Å²) in [6.45, 7) is 2.00. The van der Waals surface area contributed by atoms with Crippen molar-refractivity contribution < 1.29 is 13.2 Å². The second-order valence-electron chi connectivity index (χ2n) is 4.53. The van der Waals surface area contributed by atoms with Crippen molar-refractivity contribution in [2.75, 3.05) is 16.3 Å². The van der Waals surface area contributed by atoms with Crippen LogP contribution < -0.4 is 10.0 Å². The summed E-state index contributed by atoms with van der Waals surface area (Å²) in [5.41, 5.74) is 2.10. The molecule has 1 heterocycles. The molecule has 7 heteroatoms. The quantitative estimate of drug-likeness (QED) is 0.888. The van der Waals surface area contributed by atoms with Gasteiger partial charge in [-0.3, -0.25) is 9.52 Å². The van der Waals surface area contributed by atoms with Crippen molar-refractivity contribution in [1.29, 1.82) is 0 Å². The third-order valence-electron chi connectivity index (χ3n) is 2.78. The van der Waals surface area contributed by atoms with E-state index in [0.29, 0.717) is 16.3 Å². The minimum Gasteiger partial charge on any atom is -0.321 e. The summed E-state index contributed by atoms with van der Waals surface area (Å²) in [6, 6.07) is 8.46. The van der Waals surface area contributed by atoms with Crippen LogP contribution in [-0.4, -0.2) is 20.6 Å². The second kappa shape index (κ2) is 6.28. The van der Waals surface area contributed by atoms with Gasteiger partial charge in [0.25, 0.3) is 5.91 Å². The lowest BCUT2D eigenvalue weighted by Crippen LogP contribution is -2.12. The van der Waals surface area contributed by atoms with Crippen molar-refractivity contribution in [1.82, 2.24) is 0 Å². The molecule has 0 aliphatic rings. The lowest BCUT2D eigenvalue weighted by atomic mass is 10.2. The lowest BCUT2D eigenvalue weighted by Gasteiger charge is -2.07. The topological polar surface area (TPSA) is 75.3 Å². The van der Waals surface area contributed by atoms with Gasteiger partial charge in [0.15, 0.2) is 0 Å². The van der Waals surface area contributed by atoms with Gasteiger partial charge in [-0.2, -0.15) is 0 Å². The van der Waals surface area contributed by atoms with Crippen LogP contribution in [0.15, 0.2) is 35.7 Å². The van der Waals surface area contributed by atoms with Gasteiger partial charge >= 0.3 is 0 Å². The highest BCUT2D eigenvalue weighted by Gasteiger charge is 2.12. The number of nitrogens with one attached hydrogen (secondary N) is 2. The zero-order valence-electron chi connectivity index (χ0n) is 11.7. The molecular formula is C14H16N2O3S2. The molecule has 2 rings (SSSR count). The number of rotatable bonds is 5. The predicted molar refractivity (Wildman–Crippen MR) is 86.6 cm³/mol. The Labute approximate surface area is 128 Å². The van der Waals surface area contributed by atoms with Crippen molar-refractivity contribution in [3.63, 3.8) is 0 Å². The van der Waals surface area contributed by atoms with Crippen LogP contribution in [0.5, 0.6) is 0 Å². The Morgan fingerprint density at radius 2 is 1.76 bits per heavy atom. The Balaban J connectivity index is 2.08. The third kappa shape index (κ3) is 4.30. The first-order valence-electron chi connectivity index (χ1n) is 6.34. The first-order valence-corrected chi connectivity index (χ1v) is 9.11. The first kappa shape index (κ1) is 15.5. The minimum atomic E-state index is -3.29. The Hall–Kier alpha value is -1.86. The number of carbonyl (C=O) groups excluding carboxylic acids is 1. The molecule has 1 aromatic heterocycles. The molecule has 0 aliphatic heterocycles. The van der Waals surface area contributed by atoms with Crippen molar-refractivity contribution in [2.24, 2.45) is 0 Å². The molecule has 112 valence electrons. The number of hydrogen-bond acceptors (Lipinski definition) is 4. The van der Waals surface area contributed by atoms with Crippen LogP contribution in [0.4, 0.5) is 11.4 Å². The molecule has 0 bridgehead atoms. The smallest absolute Gasteiger partial charge is 0.266 e. The summed E-state index contributed by atoms with van der Waals surface area (Å²) in [5, 5.41) is 4.70. The molecule has 1 amide bonds. The van der Waals surface area contributed by atoms with E-state index in [0.717, 1.165) is 18.2 Å². The number of carbonyl (C=O) groups is 1. The standard InChI is InChI=1S/C14H16N2O3S2/c1-3-10-8-9-20-13(10)14(17)15-11-4-6-12(7-5-11)16-21(2,18)19/h4-9,16H,3H2,1-2H3,(H,15,17). The zero-order chi connectivity index (χ0) is 15.5. The molecule has 2 N–H and O–H groups in total. The summed E-state index contributed by atoms with van der Waals surface area (Å²) >= 11 is 1.41. The highest BCUT2D eigenvalue weighted by atomic mass is 32.2. The summed E-state index contributed by atoms with van der Waals surface area (Å²) in [5.74, 6) is -0.148. The van der Waals surface area contributed by atoms with Gasteiger partial charge in [-0.25, -0.2) is 8.42 Å². The van der Waals surface area contributed by atoms with Crippen molar-refractivity contribution >= 4 is 38.6 Å². The molecule has 0 atom stereocenters. The average Bonchev–Trinajstić information content (AvgIpc) is 2.87. The summed E-state index contributed by atoms with van der Waals surface area (Å²) < 4.78 is 24.6. The second-order valence-corrected chi connectivity index (χ2v) is 7.20. The normalized spacial score (nSPS) is 11.1. The van der Waals surface area contributed by atoms with E-state index < -0.39 is 10.0 Å². The summed E-state index contributed by atoms with van der Waals surface area (Å²) in [7, 11) is -3.29. The highest BCUT2D eigenvalue weighted by Crippen LogP contribution is 2.20. The maximum atomic E-state index is 12.2. The van der Waals surface area contributed by atoms with E-state index in [-0.39, 0.29) is 5.91 Å². The fraction of sp³-hybridized carbons (Fsp3) is 0.214. The highest BCUT2D eigenvalue weighted by molar-refractivity contribution is 7.92. The number of aryl methyl sites for hydroxylation is 1. The van der Waals surface area contributed by atoms with Gasteiger partial charge in [-0.1, -0.05) is 6.92 Å². The van der Waals surface area contributed by atoms with Crippen molar-refractivity contribution in [3.05, 3.63) is 46.2 Å². The Morgan fingerprint density at radius 3 is 2.33 bits per heavy atom. The van der Waals surface area contributed by atoms with Crippen molar-refractivity contribution in [2.45, 2.75) is 13.3 Å². The average molecular weight is 324 g/mol. The van der Waals surface area contributed by atoms with Gasteiger partial charge in [0.2, 0.25) is 10.0 Å². The molecular weight excluding hydrogens is 308 g/mol. The van der Waals surface area contributed by atoms with Gasteiger partial charge in [-0.05, 0) is 47.7 Å². The van der Waals surface area contributed by atoms with Crippen LogP contribution in [0, 0.1) is 0 Å². The fourth-order valence-corrected chi connectivity index (χ4v) is 3.29. The molecule has 0 aliphatic carbocycles. The number of thiophene rings is 1. The number of hydrogen-bond donors (Lipinski definition) is 2. The molecule has 0 radical (unpaired) electrons. The first-order chi connectivity index (χ1) is 9.89. The van der Waals surface area contributed by atoms with Gasteiger partial charge in [0.05, 0.1) is 11.1 Å². The number of amides is 1. The van der Waals surface area contributed by atoms with Gasteiger partial charge in [0.1, 0.15) is 0 Å². The van der Waals surface area contributed by atoms with E-state index in [4.69, 9.17) is 0 Å².